The molecule has 0 aromatic heterocycles. The number of rotatable bonds is 15. The van der Waals surface area contributed by atoms with Crippen LogP contribution in [0, 0.1) is 13.8 Å². The van der Waals surface area contributed by atoms with Gasteiger partial charge in [0.05, 0.1) is 26.4 Å². The lowest BCUT2D eigenvalue weighted by Gasteiger charge is -2.26. The zero-order valence-electron chi connectivity index (χ0n) is 24.4. The van der Waals surface area contributed by atoms with E-state index in [0.29, 0.717) is 37.6 Å². The largest absolute Gasteiger partial charge is 0.460 e. The van der Waals surface area contributed by atoms with Gasteiger partial charge in [-0.05, 0) is 86.3 Å². The van der Waals surface area contributed by atoms with E-state index >= 15 is 0 Å². The van der Waals surface area contributed by atoms with Crippen LogP contribution in [-0.2, 0) is 41.8 Å². The summed E-state index contributed by atoms with van der Waals surface area (Å²) < 4.78 is 21.5. The van der Waals surface area contributed by atoms with E-state index in [2.05, 4.69) is 74.4 Å². The van der Waals surface area contributed by atoms with Gasteiger partial charge >= 0.3 is 11.9 Å². The summed E-state index contributed by atoms with van der Waals surface area (Å²) >= 11 is 0. The van der Waals surface area contributed by atoms with E-state index in [9.17, 15) is 9.59 Å². The molecular formula is C34H39NO6. The van der Waals surface area contributed by atoms with Crippen molar-refractivity contribution in [3.05, 3.63) is 113 Å². The van der Waals surface area contributed by atoms with E-state index in [0.717, 1.165) is 28.2 Å². The van der Waals surface area contributed by atoms with Gasteiger partial charge in [-0.2, -0.15) is 0 Å². The normalized spacial score (nSPS) is 10.6. The van der Waals surface area contributed by atoms with Gasteiger partial charge in [0.15, 0.2) is 0 Å². The van der Waals surface area contributed by atoms with Crippen molar-refractivity contribution in [2.75, 3.05) is 31.3 Å². The number of aryl methyl sites for hydroxylation is 2. The molecular weight excluding hydrogens is 518 g/mol. The number of esters is 2. The number of hydrogen-bond donors (Lipinski definition) is 0. The molecule has 0 saturated carbocycles. The van der Waals surface area contributed by atoms with E-state index in [-0.39, 0.29) is 13.2 Å². The standard InChI is InChI=1S/C34H39NO6/c1-24(2)33(36)40-19-17-38-22-28-8-13-30(14-9-28)35(32-12-7-26(5)27(6)21-32)31-15-10-29(11-16-31)23-39-18-20-41-34(37)25(3)4/h7-16,21H,1,3,17-20,22-23H2,2,4-6H3. The van der Waals surface area contributed by atoms with Crippen molar-refractivity contribution in [3.63, 3.8) is 0 Å². The van der Waals surface area contributed by atoms with Gasteiger partial charge in [0.2, 0.25) is 0 Å². The molecule has 7 nitrogen and oxygen atoms in total. The molecule has 0 fully saturated rings. The van der Waals surface area contributed by atoms with Crippen LogP contribution in [0.3, 0.4) is 0 Å². The first-order valence-electron chi connectivity index (χ1n) is 13.5. The third kappa shape index (κ3) is 9.74. The Morgan fingerprint density at radius 3 is 1.41 bits per heavy atom. The summed E-state index contributed by atoms with van der Waals surface area (Å²) in [6.07, 6.45) is 0. The Kier molecular flexibility index (Phi) is 11.9. The predicted octanol–water partition coefficient (Wildman–Crippen LogP) is 7.05. The Hall–Kier alpha value is -4.20. The number of benzene rings is 3. The maximum absolute atomic E-state index is 11.5. The molecule has 0 unspecified atom stereocenters. The Morgan fingerprint density at radius 2 is 1.02 bits per heavy atom. The fraction of sp³-hybridized carbons (Fsp3) is 0.294. The summed E-state index contributed by atoms with van der Waals surface area (Å²) in [7, 11) is 0. The van der Waals surface area contributed by atoms with Crippen molar-refractivity contribution in [3.8, 4) is 0 Å². The second-order valence-electron chi connectivity index (χ2n) is 9.87. The minimum absolute atomic E-state index is 0.188. The van der Waals surface area contributed by atoms with Crippen LogP contribution < -0.4 is 4.90 Å². The second kappa shape index (κ2) is 15.6. The monoisotopic (exact) mass is 557 g/mol. The van der Waals surface area contributed by atoms with E-state index in [1.165, 1.54) is 11.1 Å². The van der Waals surface area contributed by atoms with Crippen LogP contribution in [0.1, 0.15) is 36.1 Å². The van der Waals surface area contributed by atoms with Crippen molar-refractivity contribution in [2.24, 2.45) is 0 Å². The Balaban J connectivity index is 1.66. The van der Waals surface area contributed by atoms with Crippen molar-refractivity contribution in [1.29, 1.82) is 0 Å². The number of nitrogens with zero attached hydrogens (tertiary/aromatic N) is 1. The second-order valence-corrected chi connectivity index (χ2v) is 9.87. The van der Waals surface area contributed by atoms with Crippen LogP contribution >= 0.6 is 0 Å². The molecule has 0 aliphatic carbocycles. The molecule has 3 rings (SSSR count). The Labute approximate surface area is 243 Å². The van der Waals surface area contributed by atoms with Crippen molar-refractivity contribution in [2.45, 2.75) is 40.9 Å². The maximum atomic E-state index is 11.5. The molecule has 0 heterocycles. The number of carbonyl (C=O) groups excluding carboxylic acids is 2. The lowest BCUT2D eigenvalue weighted by molar-refractivity contribution is -0.141. The highest BCUT2D eigenvalue weighted by atomic mass is 16.6. The molecule has 0 bridgehead atoms. The highest BCUT2D eigenvalue weighted by molar-refractivity contribution is 5.87. The zero-order valence-corrected chi connectivity index (χ0v) is 24.4. The molecule has 3 aromatic carbocycles. The lowest BCUT2D eigenvalue weighted by Crippen LogP contribution is -2.12. The topological polar surface area (TPSA) is 74.3 Å². The number of ether oxygens (including phenoxy) is 4. The number of carbonyl (C=O) groups is 2. The predicted molar refractivity (Wildman–Crippen MR) is 161 cm³/mol. The number of anilines is 3. The summed E-state index contributed by atoms with van der Waals surface area (Å²) in [5.74, 6) is -0.821. The third-order valence-corrected chi connectivity index (χ3v) is 6.29. The third-order valence-electron chi connectivity index (χ3n) is 6.29. The summed E-state index contributed by atoms with van der Waals surface area (Å²) in [6.45, 7) is 16.4. The molecule has 7 heteroatoms. The van der Waals surface area contributed by atoms with Crippen molar-refractivity contribution in [1.82, 2.24) is 0 Å². The molecule has 0 amide bonds. The van der Waals surface area contributed by atoms with Gasteiger partial charge in [-0.3, -0.25) is 0 Å². The van der Waals surface area contributed by atoms with Crippen molar-refractivity contribution < 1.29 is 28.5 Å². The van der Waals surface area contributed by atoms with Crippen LogP contribution in [0.5, 0.6) is 0 Å². The molecule has 41 heavy (non-hydrogen) atoms. The molecule has 0 spiro atoms. The molecule has 0 radical (unpaired) electrons. The molecule has 3 aromatic rings. The minimum atomic E-state index is -0.411. The summed E-state index contributed by atoms with van der Waals surface area (Å²) in [5, 5.41) is 0. The fourth-order valence-electron chi connectivity index (χ4n) is 3.81. The first-order chi connectivity index (χ1) is 19.7. The first kappa shape index (κ1) is 31.3. The molecule has 216 valence electrons. The first-order valence-corrected chi connectivity index (χ1v) is 13.5. The summed E-state index contributed by atoms with van der Waals surface area (Å²) in [6, 6.07) is 22.8. The van der Waals surface area contributed by atoms with Crippen LogP contribution in [0.4, 0.5) is 17.1 Å². The summed E-state index contributed by atoms with van der Waals surface area (Å²) in [4.78, 5) is 25.2. The van der Waals surface area contributed by atoms with Crippen LogP contribution in [-0.4, -0.2) is 38.4 Å². The molecule has 0 aliphatic heterocycles. The maximum Gasteiger partial charge on any atom is 0.333 e. The van der Waals surface area contributed by atoms with Crippen LogP contribution in [0.15, 0.2) is 91.0 Å². The van der Waals surface area contributed by atoms with Gasteiger partial charge in [0, 0.05) is 28.2 Å². The average molecular weight is 558 g/mol. The van der Waals surface area contributed by atoms with Gasteiger partial charge < -0.3 is 23.8 Å². The quantitative estimate of drug-likeness (QED) is 0.113. The molecule has 0 aliphatic rings. The van der Waals surface area contributed by atoms with Gasteiger partial charge in [0.1, 0.15) is 13.2 Å². The average Bonchev–Trinajstić information content (AvgIpc) is 2.96. The molecule has 0 saturated heterocycles. The Bertz CT molecular complexity index is 1270. The number of hydrogen-bond acceptors (Lipinski definition) is 7. The Morgan fingerprint density at radius 1 is 0.610 bits per heavy atom. The van der Waals surface area contributed by atoms with E-state index in [4.69, 9.17) is 18.9 Å². The van der Waals surface area contributed by atoms with Gasteiger partial charge in [0.25, 0.3) is 0 Å². The SMILES string of the molecule is C=C(C)C(=O)OCCOCc1ccc(N(c2ccc(COCCOC(=O)C(=C)C)cc2)c2ccc(C)c(C)c2)cc1. The zero-order chi connectivity index (χ0) is 29.8. The van der Waals surface area contributed by atoms with E-state index in [1.54, 1.807) is 13.8 Å². The molecule has 0 atom stereocenters. The fourth-order valence-corrected chi connectivity index (χ4v) is 3.81. The highest BCUT2D eigenvalue weighted by Gasteiger charge is 2.14. The smallest absolute Gasteiger partial charge is 0.333 e. The molecule has 0 N–H and O–H groups in total. The van der Waals surface area contributed by atoms with E-state index in [1.807, 2.05) is 24.3 Å². The van der Waals surface area contributed by atoms with E-state index < -0.39 is 11.9 Å². The minimum Gasteiger partial charge on any atom is -0.460 e. The van der Waals surface area contributed by atoms with Crippen LogP contribution in [0.2, 0.25) is 0 Å². The van der Waals surface area contributed by atoms with Crippen LogP contribution in [0.25, 0.3) is 0 Å². The lowest BCUT2D eigenvalue weighted by atomic mass is 10.1. The van der Waals surface area contributed by atoms with Gasteiger partial charge in [-0.15, -0.1) is 0 Å². The van der Waals surface area contributed by atoms with Gasteiger partial charge in [-0.25, -0.2) is 9.59 Å². The summed E-state index contributed by atoms with van der Waals surface area (Å²) in [5.41, 5.74) is 8.29. The highest BCUT2D eigenvalue weighted by Crippen LogP contribution is 2.35. The van der Waals surface area contributed by atoms with Gasteiger partial charge in [-0.1, -0.05) is 43.5 Å². The van der Waals surface area contributed by atoms with Crippen molar-refractivity contribution >= 4 is 29.0 Å².